The van der Waals surface area contributed by atoms with Crippen molar-refractivity contribution in [3.05, 3.63) is 57.0 Å². The van der Waals surface area contributed by atoms with E-state index in [1.807, 2.05) is 13.0 Å². The van der Waals surface area contributed by atoms with Crippen LogP contribution in [0.4, 0.5) is 4.39 Å². The molecule has 1 aromatic heterocycles. The van der Waals surface area contributed by atoms with Crippen molar-refractivity contribution in [3.8, 4) is 0 Å². The van der Waals surface area contributed by atoms with E-state index in [0.29, 0.717) is 0 Å². The molecule has 0 spiro atoms. The van der Waals surface area contributed by atoms with Crippen LogP contribution >= 0.6 is 11.3 Å². The Morgan fingerprint density at radius 2 is 1.94 bits per heavy atom. The summed E-state index contributed by atoms with van der Waals surface area (Å²) in [6.07, 6.45) is 0. The van der Waals surface area contributed by atoms with Gasteiger partial charge < -0.3 is 5.32 Å². The van der Waals surface area contributed by atoms with Crippen LogP contribution in [0.15, 0.2) is 29.0 Å². The standard InChI is InChI=1S/C15H18FNS/c1-4-17-15(14-9-18-8-11(14)3)13-6-5-12(16)7-10(13)2/h5-9,15,17H,4H2,1-3H3. The van der Waals surface area contributed by atoms with E-state index in [1.54, 1.807) is 17.4 Å². The molecule has 1 atom stereocenters. The van der Waals surface area contributed by atoms with Crippen molar-refractivity contribution < 1.29 is 4.39 Å². The third-order valence-electron chi connectivity index (χ3n) is 3.16. The van der Waals surface area contributed by atoms with E-state index in [9.17, 15) is 4.39 Å². The first kappa shape index (κ1) is 13.2. The molecule has 1 N–H and O–H groups in total. The first-order chi connectivity index (χ1) is 8.63. The predicted octanol–water partition coefficient (Wildman–Crippen LogP) is 4.20. The van der Waals surface area contributed by atoms with Gasteiger partial charge in [-0.05, 0) is 65.5 Å². The minimum Gasteiger partial charge on any atom is -0.306 e. The highest BCUT2D eigenvalue weighted by Gasteiger charge is 2.17. The molecule has 0 saturated carbocycles. The van der Waals surface area contributed by atoms with Gasteiger partial charge in [-0.1, -0.05) is 13.0 Å². The molecule has 0 radical (unpaired) electrons. The molecule has 2 rings (SSSR count). The Hall–Kier alpha value is -1.19. The SMILES string of the molecule is CCNC(c1ccc(F)cc1C)c1cscc1C. The van der Waals surface area contributed by atoms with Crippen LogP contribution in [0.3, 0.4) is 0 Å². The highest BCUT2D eigenvalue weighted by molar-refractivity contribution is 7.08. The van der Waals surface area contributed by atoms with Crippen LogP contribution in [0, 0.1) is 19.7 Å². The molecule has 0 fully saturated rings. The van der Waals surface area contributed by atoms with Crippen LogP contribution in [0.2, 0.25) is 0 Å². The minimum atomic E-state index is -0.173. The second kappa shape index (κ2) is 5.63. The lowest BCUT2D eigenvalue weighted by Gasteiger charge is -2.20. The zero-order chi connectivity index (χ0) is 13.1. The van der Waals surface area contributed by atoms with Crippen LogP contribution in [0.5, 0.6) is 0 Å². The Labute approximate surface area is 112 Å². The second-order valence-corrected chi connectivity index (χ2v) is 5.25. The maximum Gasteiger partial charge on any atom is 0.123 e. The third kappa shape index (κ3) is 2.62. The summed E-state index contributed by atoms with van der Waals surface area (Å²) in [6, 6.07) is 5.17. The molecule has 1 heterocycles. The van der Waals surface area contributed by atoms with Gasteiger partial charge in [0, 0.05) is 0 Å². The molecule has 0 aliphatic rings. The molecular formula is C15H18FNS. The highest BCUT2D eigenvalue weighted by Crippen LogP contribution is 2.29. The Kier molecular flexibility index (Phi) is 4.15. The topological polar surface area (TPSA) is 12.0 Å². The van der Waals surface area contributed by atoms with Crippen molar-refractivity contribution >= 4 is 11.3 Å². The van der Waals surface area contributed by atoms with E-state index < -0.39 is 0 Å². The lowest BCUT2D eigenvalue weighted by Crippen LogP contribution is -2.23. The Morgan fingerprint density at radius 3 is 2.50 bits per heavy atom. The van der Waals surface area contributed by atoms with Crippen LogP contribution in [0.1, 0.15) is 35.2 Å². The van der Waals surface area contributed by atoms with E-state index in [2.05, 4.69) is 29.9 Å². The molecule has 96 valence electrons. The fraction of sp³-hybridized carbons (Fsp3) is 0.333. The summed E-state index contributed by atoms with van der Waals surface area (Å²) in [5, 5.41) is 7.81. The van der Waals surface area contributed by atoms with Gasteiger partial charge in [0.05, 0.1) is 6.04 Å². The Morgan fingerprint density at radius 1 is 1.17 bits per heavy atom. The number of hydrogen-bond donors (Lipinski definition) is 1. The van der Waals surface area contributed by atoms with Crippen molar-refractivity contribution in [1.82, 2.24) is 5.32 Å². The lowest BCUT2D eigenvalue weighted by molar-refractivity contribution is 0.609. The molecular weight excluding hydrogens is 245 g/mol. The number of hydrogen-bond acceptors (Lipinski definition) is 2. The predicted molar refractivity (Wildman–Crippen MR) is 75.7 cm³/mol. The summed E-state index contributed by atoms with van der Waals surface area (Å²) < 4.78 is 13.2. The summed E-state index contributed by atoms with van der Waals surface area (Å²) in [7, 11) is 0. The van der Waals surface area contributed by atoms with Crippen molar-refractivity contribution in [2.45, 2.75) is 26.8 Å². The molecule has 1 aromatic carbocycles. The van der Waals surface area contributed by atoms with Crippen molar-refractivity contribution in [3.63, 3.8) is 0 Å². The van der Waals surface area contributed by atoms with Crippen molar-refractivity contribution in [1.29, 1.82) is 0 Å². The number of benzene rings is 1. The molecule has 0 bridgehead atoms. The van der Waals surface area contributed by atoms with Gasteiger partial charge in [-0.25, -0.2) is 4.39 Å². The van der Waals surface area contributed by atoms with Crippen LogP contribution < -0.4 is 5.32 Å². The molecule has 18 heavy (non-hydrogen) atoms. The number of thiophene rings is 1. The fourth-order valence-corrected chi connectivity index (χ4v) is 3.10. The van der Waals surface area contributed by atoms with E-state index >= 15 is 0 Å². The Balaban J connectivity index is 2.45. The number of nitrogens with one attached hydrogen (secondary N) is 1. The van der Waals surface area contributed by atoms with Crippen LogP contribution in [0.25, 0.3) is 0 Å². The van der Waals surface area contributed by atoms with Gasteiger partial charge in [0.2, 0.25) is 0 Å². The summed E-state index contributed by atoms with van der Waals surface area (Å²) >= 11 is 1.71. The van der Waals surface area contributed by atoms with Gasteiger partial charge in [-0.2, -0.15) is 11.3 Å². The van der Waals surface area contributed by atoms with E-state index in [1.165, 1.54) is 17.2 Å². The van der Waals surface area contributed by atoms with E-state index in [4.69, 9.17) is 0 Å². The lowest BCUT2D eigenvalue weighted by atomic mass is 9.94. The quantitative estimate of drug-likeness (QED) is 0.871. The fourth-order valence-electron chi connectivity index (χ4n) is 2.22. The molecule has 0 aliphatic carbocycles. The molecule has 0 saturated heterocycles. The maximum atomic E-state index is 13.2. The van der Waals surface area contributed by atoms with Gasteiger partial charge >= 0.3 is 0 Å². The molecule has 3 heteroatoms. The number of halogens is 1. The zero-order valence-electron chi connectivity index (χ0n) is 11.0. The molecule has 0 aliphatic heterocycles. The first-order valence-corrected chi connectivity index (χ1v) is 7.10. The van der Waals surface area contributed by atoms with Gasteiger partial charge in [-0.3, -0.25) is 0 Å². The van der Waals surface area contributed by atoms with Gasteiger partial charge in [0.25, 0.3) is 0 Å². The minimum absolute atomic E-state index is 0.154. The van der Waals surface area contributed by atoms with Gasteiger partial charge in [0.1, 0.15) is 5.82 Å². The third-order valence-corrected chi connectivity index (χ3v) is 4.04. The Bertz CT molecular complexity index is 533. The van der Waals surface area contributed by atoms with Gasteiger partial charge in [0.15, 0.2) is 0 Å². The monoisotopic (exact) mass is 263 g/mol. The summed E-state index contributed by atoms with van der Waals surface area (Å²) in [5.74, 6) is -0.173. The van der Waals surface area contributed by atoms with E-state index in [-0.39, 0.29) is 11.9 Å². The maximum absolute atomic E-state index is 13.2. The van der Waals surface area contributed by atoms with E-state index in [0.717, 1.165) is 17.7 Å². The van der Waals surface area contributed by atoms with Crippen molar-refractivity contribution in [2.75, 3.05) is 6.54 Å². The largest absolute Gasteiger partial charge is 0.306 e. The average molecular weight is 263 g/mol. The smallest absolute Gasteiger partial charge is 0.123 e. The molecule has 1 unspecified atom stereocenters. The normalized spacial score (nSPS) is 12.7. The first-order valence-electron chi connectivity index (χ1n) is 6.15. The second-order valence-electron chi connectivity index (χ2n) is 4.50. The summed E-state index contributed by atoms with van der Waals surface area (Å²) in [5.41, 5.74) is 4.72. The van der Waals surface area contributed by atoms with Crippen LogP contribution in [-0.4, -0.2) is 6.54 Å². The van der Waals surface area contributed by atoms with Crippen molar-refractivity contribution in [2.24, 2.45) is 0 Å². The zero-order valence-corrected chi connectivity index (χ0v) is 11.8. The number of aryl methyl sites for hydroxylation is 2. The van der Waals surface area contributed by atoms with Crippen LogP contribution in [-0.2, 0) is 0 Å². The number of rotatable bonds is 4. The summed E-state index contributed by atoms with van der Waals surface area (Å²) in [4.78, 5) is 0. The van der Waals surface area contributed by atoms with Gasteiger partial charge in [-0.15, -0.1) is 0 Å². The summed E-state index contributed by atoms with van der Waals surface area (Å²) in [6.45, 7) is 7.06. The molecule has 1 nitrogen and oxygen atoms in total. The highest BCUT2D eigenvalue weighted by atomic mass is 32.1. The molecule has 0 amide bonds. The average Bonchev–Trinajstić information content (AvgIpc) is 2.73. The molecule has 2 aromatic rings.